The van der Waals surface area contributed by atoms with Gasteiger partial charge in [-0.25, -0.2) is 0 Å². The number of carbonyl (C=O) groups is 3. The van der Waals surface area contributed by atoms with Crippen LogP contribution in [0.2, 0.25) is 0 Å². The molecule has 1 unspecified atom stereocenters. The molecule has 0 saturated carbocycles. The summed E-state index contributed by atoms with van der Waals surface area (Å²) in [7, 11) is 0. The second-order valence-electron chi connectivity index (χ2n) is 14.9. The van der Waals surface area contributed by atoms with Gasteiger partial charge in [0, 0.05) is 19.3 Å². The molecule has 0 spiro atoms. The molecule has 0 rings (SSSR count). The van der Waals surface area contributed by atoms with Crippen LogP contribution in [0.1, 0.15) is 194 Å². The molecule has 0 radical (unpaired) electrons. The van der Waals surface area contributed by atoms with Gasteiger partial charge >= 0.3 is 17.9 Å². The number of hydrogen-bond acceptors (Lipinski definition) is 6. The van der Waals surface area contributed by atoms with Crippen molar-refractivity contribution in [3.63, 3.8) is 0 Å². The Balaban J connectivity index is 4.54. The Morgan fingerprint density at radius 1 is 0.379 bits per heavy atom. The summed E-state index contributed by atoms with van der Waals surface area (Å²) < 4.78 is 16.6. The smallest absolute Gasteiger partial charge is 0.306 e. The highest BCUT2D eigenvalue weighted by molar-refractivity contribution is 5.71. The van der Waals surface area contributed by atoms with Gasteiger partial charge in [0.15, 0.2) is 6.10 Å². The molecular formula is C52H84O6. The van der Waals surface area contributed by atoms with E-state index in [9.17, 15) is 14.4 Å². The van der Waals surface area contributed by atoms with Crippen molar-refractivity contribution in [1.82, 2.24) is 0 Å². The minimum Gasteiger partial charge on any atom is -0.462 e. The van der Waals surface area contributed by atoms with Gasteiger partial charge in [0.25, 0.3) is 0 Å². The third-order valence-electron chi connectivity index (χ3n) is 9.32. The summed E-state index contributed by atoms with van der Waals surface area (Å²) >= 11 is 0. The summed E-state index contributed by atoms with van der Waals surface area (Å²) in [6, 6.07) is 0. The predicted octanol–water partition coefficient (Wildman–Crippen LogP) is 15.0. The minimum atomic E-state index is -0.827. The van der Waals surface area contributed by atoms with Crippen LogP contribution in [-0.2, 0) is 28.6 Å². The first-order valence-electron chi connectivity index (χ1n) is 23.3. The fourth-order valence-corrected chi connectivity index (χ4v) is 5.80. The Morgan fingerprint density at radius 2 is 0.759 bits per heavy atom. The number of unbranched alkanes of at least 4 members (excludes halogenated alkanes) is 14. The maximum absolute atomic E-state index is 12.7. The van der Waals surface area contributed by atoms with Crippen molar-refractivity contribution >= 4 is 17.9 Å². The van der Waals surface area contributed by atoms with Gasteiger partial charge in [-0.3, -0.25) is 14.4 Å². The van der Waals surface area contributed by atoms with Gasteiger partial charge < -0.3 is 14.2 Å². The van der Waals surface area contributed by atoms with E-state index in [1.165, 1.54) is 57.8 Å². The number of esters is 3. The lowest BCUT2D eigenvalue weighted by Crippen LogP contribution is -2.30. The molecule has 0 bridgehead atoms. The molecule has 58 heavy (non-hydrogen) atoms. The van der Waals surface area contributed by atoms with Crippen molar-refractivity contribution in [2.75, 3.05) is 13.2 Å². The van der Waals surface area contributed by atoms with Gasteiger partial charge in [-0.1, -0.05) is 169 Å². The van der Waals surface area contributed by atoms with Gasteiger partial charge in [-0.15, -0.1) is 0 Å². The fraction of sp³-hybridized carbons (Fsp3) is 0.635. The molecule has 0 aromatic carbocycles. The van der Waals surface area contributed by atoms with Crippen LogP contribution in [0.5, 0.6) is 0 Å². The SMILES string of the molecule is CC/C=C\C/C=C\C/C=C\CCCCC(=O)OC(COC(=O)CCC/C=C\C/C=C\C/C=C\CCCCCCCC)COC(=O)CCCCC/C=C\C=C/CCCC. The van der Waals surface area contributed by atoms with E-state index in [1.807, 2.05) is 0 Å². The first kappa shape index (κ1) is 54.3. The maximum atomic E-state index is 12.7. The maximum Gasteiger partial charge on any atom is 0.306 e. The summed E-state index contributed by atoms with van der Waals surface area (Å²) in [6.45, 7) is 6.33. The molecule has 6 heteroatoms. The van der Waals surface area contributed by atoms with Crippen molar-refractivity contribution in [1.29, 1.82) is 0 Å². The van der Waals surface area contributed by atoms with E-state index < -0.39 is 6.10 Å². The van der Waals surface area contributed by atoms with Crippen molar-refractivity contribution in [2.24, 2.45) is 0 Å². The van der Waals surface area contributed by atoms with Gasteiger partial charge in [0.05, 0.1) is 0 Å². The highest BCUT2D eigenvalue weighted by Gasteiger charge is 2.19. The van der Waals surface area contributed by atoms with E-state index in [4.69, 9.17) is 14.2 Å². The molecule has 0 aromatic rings. The lowest BCUT2D eigenvalue weighted by Gasteiger charge is -2.18. The van der Waals surface area contributed by atoms with Crippen LogP contribution in [0.25, 0.3) is 0 Å². The van der Waals surface area contributed by atoms with E-state index in [0.717, 1.165) is 83.5 Å². The van der Waals surface area contributed by atoms with Crippen molar-refractivity contribution in [3.8, 4) is 0 Å². The second-order valence-corrected chi connectivity index (χ2v) is 14.9. The van der Waals surface area contributed by atoms with Crippen molar-refractivity contribution in [2.45, 2.75) is 200 Å². The molecule has 1 atom stereocenters. The summed E-state index contributed by atoms with van der Waals surface area (Å²) in [5.74, 6) is -1.05. The summed E-state index contributed by atoms with van der Waals surface area (Å²) in [6.07, 6.45) is 59.8. The van der Waals surface area contributed by atoms with Gasteiger partial charge in [-0.05, 0) is 103 Å². The molecule has 0 heterocycles. The predicted molar refractivity (Wildman–Crippen MR) is 247 cm³/mol. The van der Waals surface area contributed by atoms with E-state index >= 15 is 0 Å². The molecule has 0 aromatic heterocycles. The zero-order valence-corrected chi connectivity index (χ0v) is 37.3. The topological polar surface area (TPSA) is 78.9 Å². The Labute approximate surface area is 356 Å². The third kappa shape index (κ3) is 43.5. The first-order valence-corrected chi connectivity index (χ1v) is 23.3. The minimum absolute atomic E-state index is 0.124. The Kier molecular flexibility index (Phi) is 43.1. The zero-order valence-electron chi connectivity index (χ0n) is 37.3. The summed E-state index contributed by atoms with van der Waals surface area (Å²) in [4.78, 5) is 37.7. The third-order valence-corrected chi connectivity index (χ3v) is 9.32. The molecule has 0 aliphatic carbocycles. The van der Waals surface area contributed by atoms with E-state index in [2.05, 4.69) is 118 Å². The van der Waals surface area contributed by atoms with Crippen LogP contribution >= 0.6 is 0 Å². The van der Waals surface area contributed by atoms with Crippen molar-refractivity contribution < 1.29 is 28.6 Å². The number of carbonyl (C=O) groups excluding carboxylic acids is 3. The lowest BCUT2D eigenvalue weighted by atomic mass is 10.1. The fourth-order valence-electron chi connectivity index (χ4n) is 5.80. The molecule has 0 saturated heterocycles. The van der Waals surface area contributed by atoms with Crippen LogP contribution in [-0.4, -0.2) is 37.2 Å². The van der Waals surface area contributed by atoms with E-state index in [1.54, 1.807) is 0 Å². The highest BCUT2D eigenvalue weighted by Crippen LogP contribution is 2.10. The van der Waals surface area contributed by atoms with Crippen LogP contribution < -0.4 is 0 Å². The Morgan fingerprint density at radius 3 is 1.31 bits per heavy atom. The molecule has 0 aliphatic rings. The van der Waals surface area contributed by atoms with Crippen LogP contribution in [0.3, 0.4) is 0 Å². The van der Waals surface area contributed by atoms with Gasteiger partial charge in [0.2, 0.25) is 0 Å². The Hall–Kier alpha value is -3.67. The highest BCUT2D eigenvalue weighted by atomic mass is 16.6. The van der Waals surface area contributed by atoms with Crippen LogP contribution in [0, 0.1) is 0 Å². The van der Waals surface area contributed by atoms with Gasteiger partial charge in [0.1, 0.15) is 13.2 Å². The largest absolute Gasteiger partial charge is 0.462 e. The van der Waals surface area contributed by atoms with E-state index in [0.29, 0.717) is 19.3 Å². The number of hydrogen-bond donors (Lipinski definition) is 0. The first-order chi connectivity index (χ1) is 28.5. The van der Waals surface area contributed by atoms with E-state index in [-0.39, 0.29) is 44.0 Å². The molecule has 0 N–H and O–H groups in total. The monoisotopic (exact) mass is 805 g/mol. The standard InChI is InChI=1S/C52H84O6/c1-4-7-10-13-16-19-22-24-25-26-27-28-31-33-36-39-42-45-51(54)57-48-49(47-56-50(53)44-41-38-35-32-29-21-18-15-12-9-6-3)58-52(55)46-43-40-37-34-30-23-20-17-14-11-8-5-2/h8,11,15,17-18,20-21,24-25,27-30,33-34,36,49H,4-7,9-10,12-14,16,19,22-23,26,31-32,35,37-48H2,1-3H3/b11-8-,18-15-,20-17-,25-24-,28-27-,29-21-,34-30-,36-33-. The molecule has 0 amide bonds. The summed E-state index contributed by atoms with van der Waals surface area (Å²) in [5.41, 5.74) is 0. The van der Waals surface area contributed by atoms with Gasteiger partial charge in [-0.2, -0.15) is 0 Å². The number of ether oxygens (including phenoxy) is 3. The molecule has 0 fully saturated rings. The molecule has 328 valence electrons. The molecule has 6 nitrogen and oxygen atoms in total. The number of rotatable bonds is 40. The van der Waals surface area contributed by atoms with Crippen LogP contribution in [0.4, 0.5) is 0 Å². The molecule has 0 aliphatic heterocycles. The number of allylic oxidation sites excluding steroid dienone is 16. The summed E-state index contributed by atoms with van der Waals surface area (Å²) in [5, 5.41) is 0. The average Bonchev–Trinajstić information content (AvgIpc) is 3.22. The molecular weight excluding hydrogens is 721 g/mol. The average molecular weight is 805 g/mol. The lowest BCUT2D eigenvalue weighted by molar-refractivity contribution is -0.167. The normalized spacial score (nSPS) is 12.9. The second kappa shape index (κ2) is 46.0. The Bertz CT molecular complexity index is 1200. The quantitative estimate of drug-likeness (QED) is 0.0202. The van der Waals surface area contributed by atoms with Crippen molar-refractivity contribution in [3.05, 3.63) is 97.2 Å². The zero-order chi connectivity index (χ0) is 42.3. The van der Waals surface area contributed by atoms with Crippen LogP contribution in [0.15, 0.2) is 97.2 Å².